The van der Waals surface area contributed by atoms with Crippen molar-refractivity contribution >= 4 is 34.1 Å². The number of carbonyl (C=O) groups is 3. The van der Waals surface area contributed by atoms with Crippen LogP contribution in [0.5, 0.6) is 0 Å². The third-order valence-electron chi connectivity index (χ3n) is 5.46. The summed E-state index contributed by atoms with van der Waals surface area (Å²) in [7, 11) is 0. The number of anilines is 1. The molecule has 0 bridgehead atoms. The second-order valence-electron chi connectivity index (χ2n) is 7.47. The number of hydrogen-bond acceptors (Lipinski definition) is 3. The molecule has 4 nitrogen and oxygen atoms in total. The Morgan fingerprint density at radius 1 is 0.733 bits per heavy atom. The normalized spacial score (nSPS) is 13.9. The Hall–Kier alpha value is -3.53. The Morgan fingerprint density at radius 2 is 1.47 bits per heavy atom. The molecule has 0 fully saturated rings. The Kier molecular flexibility index (Phi) is 5.84. The minimum absolute atomic E-state index is 0.274. The van der Waals surface area contributed by atoms with Crippen LogP contribution in [0.1, 0.15) is 42.5 Å². The van der Waals surface area contributed by atoms with E-state index in [1.165, 1.54) is 0 Å². The second kappa shape index (κ2) is 8.87. The molecular weight excluding hydrogens is 374 g/mol. The van der Waals surface area contributed by atoms with Gasteiger partial charge in [-0.1, -0.05) is 79.2 Å². The van der Waals surface area contributed by atoms with Crippen LogP contribution in [-0.2, 0) is 9.59 Å². The van der Waals surface area contributed by atoms with E-state index >= 15 is 0 Å². The van der Waals surface area contributed by atoms with Crippen molar-refractivity contribution in [1.29, 1.82) is 0 Å². The zero-order valence-corrected chi connectivity index (χ0v) is 16.7. The van der Waals surface area contributed by atoms with Crippen molar-refractivity contribution in [2.45, 2.75) is 32.1 Å². The van der Waals surface area contributed by atoms with Crippen LogP contribution in [-0.4, -0.2) is 17.6 Å². The predicted octanol–water partition coefficient (Wildman–Crippen LogP) is 5.47. The second-order valence-corrected chi connectivity index (χ2v) is 7.47. The first-order valence-electron chi connectivity index (χ1n) is 10.3. The van der Waals surface area contributed by atoms with Crippen LogP contribution in [0.2, 0.25) is 0 Å². The maximum absolute atomic E-state index is 13.6. The molecular formula is C26H23NO3. The molecule has 0 aromatic heterocycles. The highest BCUT2D eigenvalue weighted by molar-refractivity contribution is 6.52. The number of hydrogen-bond donors (Lipinski definition) is 0. The smallest absolute Gasteiger partial charge is 0.283 e. The molecule has 0 saturated heterocycles. The van der Waals surface area contributed by atoms with Gasteiger partial charge >= 0.3 is 5.91 Å². The van der Waals surface area contributed by atoms with Gasteiger partial charge in [0.2, 0.25) is 0 Å². The summed E-state index contributed by atoms with van der Waals surface area (Å²) in [5, 5.41) is 1.67. The molecule has 0 unspecified atom stereocenters. The molecule has 2 amide bonds. The van der Waals surface area contributed by atoms with E-state index in [0.29, 0.717) is 17.7 Å². The number of amides is 2. The standard InChI is InChI=1S/C26H23NO3/c28-24(20-12-6-3-7-13-20)26(30)27(25(29)21-14-4-1-2-5-15-21)23-18-10-16-19-11-8-9-17-22(19)23/h3,6-14,16-18H,1-2,4-5,15H2. The van der Waals surface area contributed by atoms with Gasteiger partial charge in [0.05, 0.1) is 5.69 Å². The average Bonchev–Trinajstić information content (AvgIpc) is 3.09. The first-order valence-corrected chi connectivity index (χ1v) is 10.3. The summed E-state index contributed by atoms with van der Waals surface area (Å²) in [5.74, 6) is -1.92. The number of carbonyl (C=O) groups excluding carboxylic acids is 3. The van der Waals surface area contributed by atoms with Gasteiger partial charge in [0, 0.05) is 16.5 Å². The number of fused-ring (bicyclic) bond motifs is 1. The minimum atomic E-state index is -0.826. The maximum atomic E-state index is 13.6. The quantitative estimate of drug-likeness (QED) is 0.433. The number of rotatable bonds is 4. The van der Waals surface area contributed by atoms with Crippen LogP contribution < -0.4 is 4.90 Å². The van der Waals surface area contributed by atoms with Gasteiger partial charge in [-0.05, 0) is 37.1 Å². The number of imide groups is 1. The van der Waals surface area contributed by atoms with Crippen LogP contribution in [0.25, 0.3) is 10.8 Å². The summed E-state index contributed by atoms with van der Waals surface area (Å²) in [4.78, 5) is 41.0. The topological polar surface area (TPSA) is 54.5 Å². The molecule has 0 atom stereocenters. The third-order valence-corrected chi connectivity index (χ3v) is 5.46. The van der Waals surface area contributed by atoms with Crippen molar-refractivity contribution in [3.05, 3.63) is 90.0 Å². The summed E-state index contributed by atoms with van der Waals surface area (Å²) < 4.78 is 0. The largest absolute Gasteiger partial charge is 0.306 e. The van der Waals surface area contributed by atoms with Gasteiger partial charge in [0.25, 0.3) is 11.7 Å². The number of benzene rings is 3. The molecule has 0 aliphatic heterocycles. The van der Waals surface area contributed by atoms with E-state index in [0.717, 1.165) is 41.4 Å². The molecule has 150 valence electrons. The molecule has 0 N–H and O–H groups in total. The first-order chi connectivity index (χ1) is 14.7. The van der Waals surface area contributed by atoms with Gasteiger partial charge in [-0.3, -0.25) is 14.4 Å². The Bertz CT molecular complexity index is 1130. The van der Waals surface area contributed by atoms with Gasteiger partial charge < -0.3 is 0 Å². The van der Waals surface area contributed by atoms with Gasteiger partial charge in [-0.15, -0.1) is 0 Å². The van der Waals surface area contributed by atoms with Crippen LogP contribution in [0.4, 0.5) is 5.69 Å². The first kappa shape index (κ1) is 19.8. The van der Waals surface area contributed by atoms with E-state index in [2.05, 4.69) is 0 Å². The minimum Gasteiger partial charge on any atom is -0.283 e. The van der Waals surface area contributed by atoms with Gasteiger partial charge in [0.1, 0.15) is 0 Å². The lowest BCUT2D eigenvalue weighted by molar-refractivity contribution is -0.122. The molecule has 0 heterocycles. The monoisotopic (exact) mass is 397 g/mol. The fourth-order valence-corrected chi connectivity index (χ4v) is 3.88. The Balaban J connectivity index is 1.82. The van der Waals surface area contributed by atoms with Crippen LogP contribution in [0, 0.1) is 0 Å². The summed E-state index contributed by atoms with van der Waals surface area (Å²) in [6, 6.07) is 21.4. The van der Waals surface area contributed by atoms with E-state index in [4.69, 9.17) is 0 Å². The molecule has 0 spiro atoms. The van der Waals surface area contributed by atoms with Crippen molar-refractivity contribution in [3.63, 3.8) is 0 Å². The van der Waals surface area contributed by atoms with Gasteiger partial charge in [0.15, 0.2) is 0 Å². The van der Waals surface area contributed by atoms with E-state index in [1.807, 2.05) is 36.4 Å². The van der Waals surface area contributed by atoms with Crippen molar-refractivity contribution in [2.24, 2.45) is 0 Å². The highest BCUT2D eigenvalue weighted by atomic mass is 16.2. The Morgan fingerprint density at radius 3 is 2.30 bits per heavy atom. The summed E-state index contributed by atoms with van der Waals surface area (Å²) in [6.45, 7) is 0. The molecule has 30 heavy (non-hydrogen) atoms. The zero-order chi connectivity index (χ0) is 20.9. The molecule has 0 radical (unpaired) electrons. The highest BCUT2D eigenvalue weighted by Crippen LogP contribution is 2.30. The van der Waals surface area contributed by atoms with Gasteiger partial charge in [-0.25, -0.2) is 4.90 Å². The van der Waals surface area contributed by atoms with E-state index in [1.54, 1.807) is 42.5 Å². The molecule has 0 saturated carbocycles. The number of nitrogens with zero attached hydrogens (tertiary/aromatic N) is 1. The Labute approximate surface area is 175 Å². The summed E-state index contributed by atoms with van der Waals surface area (Å²) in [5.41, 5.74) is 1.32. The summed E-state index contributed by atoms with van der Waals surface area (Å²) >= 11 is 0. The van der Waals surface area contributed by atoms with Crippen molar-refractivity contribution in [3.8, 4) is 0 Å². The van der Waals surface area contributed by atoms with Crippen LogP contribution in [0.3, 0.4) is 0 Å². The predicted molar refractivity (Wildman–Crippen MR) is 118 cm³/mol. The lowest BCUT2D eigenvalue weighted by Gasteiger charge is -2.23. The lowest BCUT2D eigenvalue weighted by Crippen LogP contribution is -2.42. The fraction of sp³-hybridized carbons (Fsp3) is 0.192. The highest BCUT2D eigenvalue weighted by Gasteiger charge is 2.32. The number of ketones is 1. The van der Waals surface area contributed by atoms with Crippen LogP contribution >= 0.6 is 0 Å². The van der Waals surface area contributed by atoms with E-state index < -0.39 is 17.6 Å². The van der Waals surface area contributed by atoms with Crippen molar-refractivity contribution in [1.82, 2.24) is 0 Å². The maximum Gasteiger partial charge on any atom is 0.306 e. The number of Topliss-reactive ketones (excluding diaryl/α,β-unsaturated/α-hetero) is 1. The molecule has 3 aromatic carbocycles. The molecule has 3 aromatic rings. The molecule has 1 aliphatic rings. The van der Waals surface area contributed by atoms with E-state index in [-0.39, 0.29) is 5.56 Å². The molecule has 4 heteroatoms. The van der Waals surface area contributed by atoms with Crippen molar-refractivity contribution in [2.75, 3.05) is 4.90 Å². The number of allylic oxidation sites excluding steroid dienone is 1. The zero-order valence-electron chi connectivity index (χ0n) is 16.7. The molecule has 1 aliphatic carbocycles. The summed E-state index contributed by atoms with van der Waals surface area (Å²) in [6.07, 6.45) is 6.34. The van der Waals surface area contributed by atoms with Gasteiger partial charge in [-0.2, -0.15) is 0 Å². The van der Waals surface area contributed by atoms with E-state index in [9.17, 15) is 14.4 Å². The average molecular weight is 397 g/mol. The SMILES string of the molecule is O=C(C(=O)N(C(=O)C1=CCCCCC1)c1cccc2ccccc12)c1ccccc1. The van der Waals surface area contributed by atoms with Crippen LogP contribution in [0.15, 0.2) is 84.4 Å². The fourth-order valence-electron chi connectivity index (χ4n) is 3.88. The van der Waals surface area contributed by atoms with Crippen molar-refractivity contribution < 1.29 is 14.4 Å². The molecule has 4 rings (SSSR count). The lowest BCUT2D eigenvalue weighted by atomic mass is 10.0. The third kappa shape index (κ3) is 3.94.